The van der Waals surface area contributed by atoms with Gasteiger partial charge in [-0.05, 0) is 24.7 Å². The number of rotatable bonds is 4. The summed E-state index contributed by atoms with van der Waals surface area (Å²) >= 11 is 7.25. The Hall–Kier alpha value is -0.970. The smallest absolute Gasteiger partial charge is 0.183 e. The molecule has 5 heteroatoms. The van der Waals surface area contributed by atoms with Crippen molar-refractivity contribution in [3.63, 3.8) is 0 Å². The molecule has 1 aromatic carbocycles. The van der Waals surface area contributed by atoms with Crippen molar-refractivity contribution in [2.24, 2.45) is 0 Å². The van der Waals surface area contributed by atoms with Crippen LogP contribution in [0.4, 0.5) is 4.39 Å². The number of nitrogens with zero attached hydrogens (tertiary/aromatic N) is 2. The normalized spacial score (nSPS) is 11.1. The van der Waals surface area contributed by atoms with E-state index in [1.54, 1.807) is 18.3 Å². The lowest BCUT2D eigenvalue weighted by atomic mass is 10.2. The molecule has 1 aromatic heterocycles. The van der Waals surface area contributed by atoms with E-state index in [0.717, 1.165) is 23.5 Å². The Kier molecular flexibility index (Phi) is 4.10. The van der Waals surface area contributed by atoms with Gasteiger partial charge in [-0.25, -0.2) is 9.37 Å². The summed E-state index contributed by atoms with van der Waals surface area (Å²) in [7, 11) is 2.01. The van der Waals surface area contributed by atoms with Crippen molar-refractivity contribution in [3.05, 3.63) is 51.2 Å². The first kappa shape index (κ1) is 12.5. The van der Waals surface area contributed by atoms with Gasteiger partial charge in [0.2, 0.25) is 0 Å². The third-order valence-electron chi connectivity index (χ3n) is 2.32. The largest absolute Gasteiger partial charge is 0.297 e. The molecule has 0 saturated heterocycles. The van der Waals surface area contributed by atoms with E-state index in [0.29, 0.717) is 4.47 Å². The van der Waals surface area contributed by atoms with E-state index in [1.807, 2.05) is 7.05 Å². The first-order valence-corrected chi connectivity index (χ1v) is 6.36. The summed E-state index contributed by atoms with van der Waals surface area (Å²) in [5, 5.41) is 0. The quantitative estimate of drug-likeness (QED) is 0.844. The highest BCUT2D eigenvalue weighted by Crippen LogP contribution is 2.19. The van der Waals surface area contributed by atoms with Crippen LogP contribution in [0.3, 0.4) is 0 Å². The average Bonchev–Trinajstić information content (AvgIpc) is 2.67. The first-order chi connectivity index (χ1) is 8.13. The van der Waals surface area contributed by atoms with Crippen LogP contribution in [-0.2, 0) is 13.1 Å². The van der Waals surface area contributed by atoms with Crippen molar-refractivity contribution in [2.45, 2.75) is 13.1 Å². The number of halogens is 2. The fourth-order valence-electron chi connectivity index (χ4n) is 1.58. The molecule has 0 saturated carbocycles. The first-order valence-electron chi connectivity index (χ1n) is 5.16. The fourth-order valence-corrected chi connectivity index (χ4v) is 2.64. The molecule has 0 spiro atoms. The van der Waals surface area contributed by atoms with Gasteiger partial charge < -0.3 is 0 Å². The van der Waals surface area contributed by atoms with Crippen LogP contribution < -0.4 is 0 Å². The van der Waals surface area contributed by atoms with Crippen LogP contribution in [0, 0.1) is 5.82 Å². The Morgan fingerprint density at radius 1 is 1.29 bits per heavy atom. The lowest BCUT2D eigenvalue weighted by Crippen LogP contribution is -2.16. The predicted molar refractivity (Wildman–Crippen MR) is 68.7 cm³/mol. The average molecular weight is 271 g/mol. The van der Waals surface area contributed by atoms with E-state index in [2.05, 4.69) is 9.88 Å². The highest BCUT2D eigenvalue weighted by Gasteiger charge is 2.05. The Balaban J connectivity index is 1.93. The summed E-state index contributed by atoms with van der Waals surface area (Å²) in [6.07, 6.45) is 1.79. The Morgan fingerprint density at radius 3 is 2.59 bits per heavy atom. The second kappa shape index (κ2) is 5.58. The van der Waals surface area contributed by atoms with Crippen LogP contribution in [0.25, 0.3) is 0 Å². The molecule has 0 bridgehead atoms. The predicted octanol–water partition coefficient (Wildman–Crippen LogP) is 3.57. The maximum atomic E-state index is 12.7. The highest BCUT2D eigenvalue weighted by atomic mass is 35.5. The van der Waals surface area contributed by atoms with Crippen LogP contribution in [0.2, 0.25) is 4.47 Å². The molecule has 0 atom stereocenters. The van der Waals surface area contributed by atoms with Gasteiger partial charge in [-0.3, -0.25) is 4.90 Å². The molecule has 90 valence electrons. The summed E-state index contributed by atoms with van der Waals surface area (Å²) in [4.78, 5) is 7.26. The molecular formula is C12H12ClFN2S. The van der Waals surface area contributed by atoms with E-state index < -0.39 is 0 Å². The van der Waals surface area contributed by atoms with Crippen LogP contribution in [-0.4, -0.2) is 16.9 Å². The number of thiazole rings is 1. The van der Waals surface area contributed by atoms with Gasteiger partial charge in [-0.2, -0.15) is 0 Å². The van der Waals surface area contributed by atoms with Crippen molar-refractivity contribution >= 4 is 22.9 Å². The second-order valence-corrected chi connectivity index (χ2v) is 5.58. The zero-order valence-electron chi connectivity index (χ0n) is 9.36. The third kappa shape index (κ3) is 3.77. The summed E-state index contributed by atoms with van der Waals surface area (Å²) in [6, 6.07) is 6.55. The number of benzene rings is 1. The molecule has 0 fully saturated rings. The molecule has 0 aliphatic carbocycles. The molecule has 0 aliphatic rings. The van der Waals surface area contributed by atoms with Gasteiger partial charge in [0.05, 0.1) is 0 Å². The van der Waals surface area contributed by atoms with Crippen molar-refractivity contribution in [3.8, 4) is 0 Å². The van der Waals surface area contributed by atoms with E-state index >= 15 is 0 Å². The minimum atomic E-state index is -0.203. The number of hydrogen-bond acceptors (Lipinski definition) is 3. The van der Waals surface area contributed by atoms with Crippen LogP contribution in [0.1, 0.15) is 10.4 Å². The minimum absolute atomic E-state index is 0.203. The maximum absolute atomic E-state index is 12.7. The van der Waals surface area contributed by atoms with E-state index in [9.17, 15) is 4.39 Å². The van der Waals surface area contributed by atoms with Gasteiger partial charge in [0.15, 0.2) is 4.47 Å². The number of aromatic nitrogens is 1. The lowest BCUT2D eigenvalue weighted by molar-refractivity contribution is 0.321. The zero-order chi connectivity index (χ0) is 12.3. The van der Waals surface area contributed by atoms with Gasteiger partial charge in [0, 0.05) is 24.2 Å². The molecule has 0 amide bonds. The zero-order valence-corrected chi connectivity index (χ0v) is 10.9. The van der Waals surface area contributed by atoms with Crippen LogP contribution in [0.5, 0.6) is 0 Å². The highest BCUT2D eigenvalue weighted by molar-refractivity contribution is 7.15. The molecule has 0 N–H and O–H groups in total. The Morgan fingerprint density at radius 2 is 2.00 bits per heavy atom. The summed E-state index contributed by atoms with van der Waals surface area (Å²) in [6.45, 7) is 1.57. The summed E-state index contributed by atoms with van der Waals surface area (Å²) in [5.41, 5.74) is 1.09. The topological polar surface area (TPSA) is 16.1 Å². The van der Waals surface area contributed by atoms with Gasteiger partial charge in [-0.1, -0.05) is 23.7 Å². The van der Waals surface area contributed by atoms with Crippen molar-refractivity contribution < 1.29 is 4.39 Å². The lowest BCUT2D eigenvalue weighted by Gasteiger charge is -2.15. The SMILES string of the molecule is CN(Cc1ccc(F)cc1)Cc1cnc(Cl)s1. The molecule has 0 radical (unpaired) electrons. The summed E-state index contributed by atoms with van der Waals surface area (Å²) in [5.74, 6) is -0.203. The third-order valence-corrected chi connectivity index (χ3v) is 3.42. The molecule has 2 nitrogen and oxygen atoms in total. The molecule has 1 heterocycles. The fraction of sp³-hybridized carbons (Fsp3) is 0.250. The molecule has 2 rings (SSSR count). The van der Waals surface area contributed by atoms with Crippen LogP contribution >= 0.6 is 22.9 Å². The van der Waals surface area contributed by atoms with Gasteiger partial charge in [0.25, 0.3) is 0 Å². The van der Waals surface area contributed by atoms with Gasteiger partial charge in [-0.15, -0.1) is 11.3 Å². The van der Waals surface area contributed by atoms with Crippen molar-refractivity contribution in [1.29, 1.82) is 0 Å². The minimum Gasteiger partial charge on any atom is -0.297 e. The van der Waals surface area contributed by atoms with E-state index in [-0.39, 0.29) is 5.82 Å². The molecule has 2 aromatic rings. The molecule has 0 unspecified atom stereocenters. The van der Waals surface area contributed by atoms with Gasteiger partial charge >= 0.3 is 0 Å². The standard InChI is InChI=1S/C12H12ClFN2S/c1-16(8-11-6-15-12(13)17-11)7-9-2-4-10(14)5-3-9/h2-6H,7-8H2,1H3. The maximum Gasteiger partial charge on any atom is 0.183 e. The monoisotopic (exact) mass is 270 g/mol. The molecule has 0 aliphatic heterocycles. The molecule has 17 heavy (non-hydrogen) atoms. The Bertz CT molecular complexity index is 484. The van der Waals surface area contributed by atoms with Crippen LogP contribution in [0.15, 0.2) is 30.5 Å². The summed E-state index contributed by atoms with van der Waals surface area (Å²) < 4.78 is 13.3. The second-order valence-electron chi connectivity index (χ2n) is 3.88. The van der Waals surface area contributed by atoms with Crippen molar-refractivity contribution in [1.82, 2.24) is 9.88 Å². The van der Waals surface area contributed by atoms with E-state index in [4.69, 9.17) is 11.6 Å². The Labute approximate surface area is 109 Å². The van der Waals surface area contributed by atoms with E-state index in [1.165, 1.54) is 23.5 Å². The van der Waals surface area contributed by atoms with Crippen molar-refractivity contribution in [2.75, 3.05) is 7.05 Å². The number of hydrogen-bond donors (Lipinski definition) is 0. The van der Waals surface area contributed by atoms with Gasteiger partial charge in [0.1, 0.15) is 5.82 Å². The molecular weight excluding hydrogens is 259 g/mol.